The largest absolute Gasteiger partial charge is 0.391 e. The molecule has 1 fully saturated rings. The maximum Gasteiger partial charge on any atom is 0.0695 e. The van der Waals surface area contributed by atoms with Crippen LogP contribution >= 0.6 is 0 Å². The van der Waals surface area contributed by atoms with Crippen LogP contribution in [0.2, 0.25) is 0 Å². The third-order valence-electron chi connectivity index (χ3n) is 2.86. The van der Waals surface area contributed by atoms with E-state index >= 15 is 0 Å². The van der Waals surface area contributed by atoms with Crippen LogP contribution in [0.15, 0.2) is 0 Å². The van der Waals surface area contributed by atoms with Gasteiger partial charge in [-0.3, -0.25) is 4.90 Å². The molecule has 0 spiro atoms. The smallest absolute Gasteiger partial charge is 0.0695 e. The van der Waals surface area contributed by atoms with E-state index in [4.69, 9.17) is 0 Å². The molecule has 0 heterocycles. The second kappa shape index (κ2) is 3.11. The van der Waals surface area contributed by atoms with E-state index in [-0.39, 0.29) is 11.6 Å². The highest BCUT2D eigenvalue weighted by atomic mass is 16.3. The summed E-state index contributed by atoms with van der Waals surface area (Å²) in [7, 11) is 2.11. The lowest BCUT2D eigenvalue weighted by molar-refractivity contribution is 0.0595. The molecular formula is C9H19NO. The molecule has 1 saturated carbocycles. The Morgan fingerprint density at radius 2 is 2.09 bits per heavy atom. The summed E-state index contributed by atoms with van der Waals surface area (Å²) in [4.78, 5) is 2.30. The van der Waals surface area contributed by atoms with Crippen molar-refractivity contribution in [3.8, 4) is 0 Å². The lowest BCUT2D eigenvalue weighted by Gasteiger charge is -2.29. The van der Waals surface area contributed by atoms with E-state index in [2.05, 4.69) is 18.9 Å². The van der Waals surface area contributed by atoms with Crippen molar-refractivity contribution in [2.75, 3.05) is 13.6 Å². The molecule has 0 bridgehead atoms. The van der Waals surface area contributed by atoms with E-state index < -0.39 is 0 Å². The molecule has 0 radical (unpaired) electrons. The zero-order valence-electron chi connectivity index (χ0n) is 7.80. The highest BCUT2D eigenvalue weighted by Crippen LogP contribution is 2.43. The predicted octanol–water partition coefficient (Wildman–Crippen LogP) is 1.24. The monoisotopic (exact) mass is 157 g/mol. The maximum absolute atomic E-state index is 9.50. The number of likely N-dealkylation sites (N-methyl/N-ethyl adjacent to an activating group) is 1. The van der Waals surface area contributed by atoms with Crippen molar-refractivity contribution in [1.29, 1.82) is 0 Å². The molecule has 0 aromatic rings. The molecule has 1 atom stereocenters. The van der Waals surface area contributed by atoms with Gasteiger partial charge in [0.2, 0.25) is 0 Å². The third kappa shape index (κ3) is 1.57. The molecule has 2 heteroatoms. The minimum atomic E-state index is -0.168. The van der Waals surface area contributed by atoms with Crippen LogP contribution in [0.25, 0.3) is 0 Å². The summed E-state index contributed by atoms with van der Waals surface area (Å²) in [6.45, 7) is 5.18. The Hall–Kier alpha value is -0.0800. The first-order valence-corrected chi connectivity index (χ1v) is 4.53. The zero-order chi connectivity index (χ0) is 8.48. The lowest BCUT2D eigenvalue weighted by Crippen LogP contribution is -2.42. The molecule has 0 aromatic carbocycles. The molecule has 2 nitrogen and oxygen atoms in total. The molecule has 1 N–H and O–H groups in total. The van der Waals surface area contributed by atoms with Gasteiger partial charge in [0, 0.05) is 5.54 Å². The van der Waals surface area contributed by atoms with Gasteiger partial charge in [-0.05, 0) is 39.8 Å². The quantitative estimate of drug-likeness (QED) is 0.663. The summed E-state index contributed by atoms with van der Waals surface area (Å²) < 4.78 is 0. The Kier molecular flexibility index (Phi) is 2.55. The minimum absolute atomic E-state index is 0.149. The molecule has 0 aliphatic heterocycles. The second-order valence-electron chi connectivity index (χ2n) is 3.70. The number of hydrogen-bond donors (Lipinski definition) is 1. The van der Waals surface area contributed by atoms with Crippen LogP contribution in [0.4, 0.5) is 0 Å². The van der Waals surface area contributed by atoms with Crippen molar-refractivity contribution < 1.29 is 5.11 Å². The maximum atomic E-state index is 9.50. The number of nitrogens with zero attached hydrogens (tertiary/aromatic N) is 1. The molecule has 0 saturated heterocycles. The van der Waals surface area contributed by atoms with Gasteiger partial charge in [0.1, 0.15) is 0 Å². The Morgan fingerprint density at radius 1 is 1.55 bits per heavy atom. The van der Waals surface area contributed by atoms with E-state index in [0.717, 1.165) is 6.54 Å². The summed E-state index contributed by atoms with van der Waals surface area (Å²) in [6, 6.07) is 0. The van der Waals surface area contributed by atoms with E-state index in [1.165, 1.54) is 19.3 Å². The topological polar surface area (TPSA) is 23.5 Å². The van der Waals surface area contributed by atoms with E-state index in [1.807, 2.05) is 6.92 Å². The summed E-state index contributed by atoms with van der Waals surface area (Å²) in [6.07, 6.45) is 3.34. The van der Waals surface area contributed by atoms with Gasteiger partial charge in [-0.15, -0.1) is 0 Å². The van der Waals surface area contributed by atoms with Gasteiger partial charge in [0.05, 0.1) is 6.10 Å². The molecule has 1 aliphatic carbocycles. The van der Waals surface area contributed by atoms with Gasteiger partial charge >= 0.3 is 0 Å². The van der Waals surface area contributed by atoms with Crippen LogP contribution in [0.1, 0.15) is 33.1 Å². The summed E-state index contributed by atoms with van der Waals surface area (Å²) in [5.41, 5.74) is 0.149. The summed E-state index contributed by atoms with van der Waals surface area (Å²) >= 11 is 0. The van der Waals surface area contributed by atoms with Gasteiger partial charge in [0.25, 0.3) is 0 Å². The minimum Gasteiger partial charge on any atom is -0.391 e. The Morgan fingerprint density at radius 3 is 2.36 bits per heavy atom. The van der Waals surface area contributed by atoms with Gasteiger partial charge in [-0.2, -0.15) is 0 Å². The van der Waals surface area contributed by atoms with Crippen molar-refractivity contribution in [3.05, 3.63) is 0 Å². The van der Waals surface area contributed by atoms with E-state index in [1.54, 1.807) is 0 Å². The number of hydrogen-bond acceptors (Lipinski definition) is 2. The van der Waals surface area contributed by atoms with Crippen LogP contribution in [0.3, 0.4) is 0 Å². The molecule has 0 aromatic heterocycles. The molecule has 1 aliphatic rings. The molecule has 1 unspecified atom stereocenters. The highest BCUT2D eigenvalue weighted by Gasteiger charge is 2.49. The van der Waals surface area contributed by atoms with Crippen molar-refractivity contribution >= 4 is 0 Å². The fourth-order valence-corrected chi connectivity index (χ4v) is 1.80. The van der Waals surface area contributed by atoms with E-state index in [9.17, 15) is 5.11 Å². The van der Waals surface area contributed by atoms with Crippen molar-refractivity contribution in [3.63, 3.8) is 0 Å². The average molecular weight is 157 g/mol. The van der Waals surface area contributed by atoms with Gasteiger partial charge in [-0.1, -0.05) is 6.92 Å². The van der Waals surface area contributed by atoms with Crippen LogP contribution < -0.4 is 0 Å². The molecule has 11 heavy (non-hydrogen) atoms. The zero-order valence-corrected chi connectivity index (χ0v) is 7.80. The first-order valence-electron chi connectivity index (χ1n) is 4.53. The molecule has 66 valence electrons. The first-order chi connectivity index (χ1) is 5.13. The standard InChI is InChI=1S/C9H19NO/c1-4-7-10(3)9(5-6-9)8(2)11/h8,11H,4-7H2,1-3H3. The lowest BCUT2D eigenvalue weighted by atomic mass is 10.1. The van der Waals surface area contributed by atoms with Gasteiger partial charge in [-0.25, -0.2) is 0 Å². The van der Waals surface area contributed by atoms with E-state index in [0.29, 0.717) is 0 Å². The predicted molar refractivity (Wildman–Crippen MR) is 46.6 cm³/mol. The first kappa shape index (κ1) is 9.01. The van der Waals surface area contributed by atoms with Crippen molar-refractivity contribution in [2.24, 2.45) is 0 Å². The normalized spacial score (nSPS) is 23.7. The average Bonchev–Trinajstić information content (AvgIpc) is 2.66. The number of rotatable bonds is 4. The molecular weight excluding hydrogens is 138 g/mol. The fraction of sp³-hybridized carbons (Fsp3) is 1.00. The fourth-order valence-electron chi connectivity index (χ4n) is 1.80. The molecule has 0 amide bonds. The van der Waals surface area contributed by atoms with Gasteiger partial charge in [0.15, 0.2) is 0 Å². The van der Waals surface area contributed by atoms with Gasteiger partial charge < -0.3 is 5.11 Å². The summed E-state index contributed by atoms with van der Waals surface area (Å²) in [5, 5.41) is 9.50. The Bertz CT molecular complexity index is 130. The second-order valence-corrected chi connectivity index (χ2v) is 3.70. The van der Waals surface area contributed by atoms with Crippen molar-refractivity contribution in [1.82, 2.24) is 4.90 Å². The van der Waals surface area contributed by atoms with Crippen LogP contribution in [-0.4, -0.2) is 35.2 Å². The van der Waals surface area contributed by atoms with Crippen molar-refractivity contribution in [2.45, 2.75) is 44.8 Å². The van der Waals surface area contributed by atoms with Crippen LogP contribution in [-0.2, 0) is 0 Å². The summed E-state index contributed by atoms with van der Waals surface area (Å²) in [5.74, 6) is 0. The number of aliphatic hydroxyl groups is 1. The Balaban J connectivity index is 2.44. The molecule has 1 rings (SSSR count). The number of aliphatic hydroxyl groups excluding tert-OH is 1. The Labute approximate surface area is 69.2 Å². The highest BCUT2D eigenvalue weighted by molar-refractivity contribution is 5.06. The van der Waals surface area contributed by atoms with Crippen LogP contribution in [0, 0.1) is 0 Å². The SMILES string of the molecule is CCCN(C)C1(C(C)O)CC1. The third-order valence-corrected chi connectivity index (χ3v) is 2.86. The van der Waals surface area contributed by atoms with Crippen LogP contribution in [0.5, 0.6) is 0 Å².